The van der Waals surface area contributed by atoms with Crippen molar-refractivity contribution in [3.63, 3.8) is 0 Å². The quantitative estimate of drug-likeness (QED) is 0.728. The van der Waals surface area contributed by atoms with Gasteiger partial charge < -0.3 is 9.84 Å². The second-order valence-electron chi connectivity index (χ2n) is 8.37. The van der Waals surface area contributed by atoms with Crippen molar-refractivity contribution in [1.29, 1.82) is 0 Å². The number of nitrogens with zero attached hydrogens (tertiary/aromatic N) is 2. The van der Waals surface area contributed by atoms with Gasteiger partial charge >= 0.3 is 6.01 Å². The van der Waals surface area contributed by atoms with E-state index in [9.17, 15) is 17.2 Å². The highest BCUT2D eigenvalue weighted by atomic mass is 32.2. The normalized spacial score (nSPS) is 20.6. The zero-order valence-corrected chi connectivity index (χ0v) is 17.5. The molecule has 0 atom stereocenters. The van der Waals surface area contributed by atoms with E-state index in [0.717, 1.165) is 43.9 Å². The standard InChI is InChI=1S/C19H26F2N4O3S/c1-19(2,3)29(26,27)22-11-12-4-7-14(8-5-12)23-18-24-17(25-28-18)15-10-13(20)6-9-16(15)21/h6,9-10,12,14,22H,4-5,7-8,11H2,1-3H3,(H,23,24,25). The van der Waals surface area contributed by atoms with Gasteiger partial charge in [0.2, 0.25) is 15.8 Å². The largest absolute Gasteiger partial charge is 0.335 e. The lowest BCUT2D eigenvalue weighted by Crippen LogP contribution is -2.42. The summed E-state index contributed by atoms with van der Waals surface area (Å²) in [5.74, 6) is -0.960. The molecule has 0 radical (unpaired) electrons. The van der Waals surface area contributed by atoms with Crippen LogP contribution in [-0.4, -0.2) is 35.9 Å². The molecular weight excluding hydrogens is 402 g/mol. The fourth-order valence-corrected chi connectivity index (χ4v) is 4.08. The third kappa shape index (κ3) is 5.30. The van der Waals surface area contributed by atoms with E-state index in [1.54, 1.807) is 20.8 Å². The molecule has 0 bridgehead atoms. The van der Waals surface area contributed by atoms with Crippen molar-refractivity contribution in [3.05, 3.63) is 29.8 Å². The molecule has 10 heteroatoms. The zero-order chi connectivity index (χ0) is 21.2. The average Bonchev–Trinajstić information content (AvgIpc) is 3.10. The van der Waals surface area contributed by atoms with Crippen LogP contribution in [0.5, 0.6) is 0 Å². The van der Waals surface area contributed by atoms with E-state index in [1.807, 2.05) is 0 Å². The molecule has 0 aliphatic heterocycles. The monoisotopic (exact) mass is 428 g/mol. The summed E-state index contributed by atoms with van der Waals surface area (Å²) in [5.41, 5.74) is -0.0587. The first-order chi connectivity index (χ1) is 13.5. The Labute approximate surface area is 169 Å². The lowest BCUT2D eigenvalue weighted by Gasteiger charge is -2.29. The highest BCUT2D eigenvalue weighted by molar-refractivity contribution is 7.90. The number of benzene rings is 1. The highest BCUT2D eigenvalue weighted by Gasteiger charge is 2.30. The Bertz CT molecular complexity index is 949. The van der Waals surface area contributed by atoms with Gasteiger partial charge in [-0.2, -0.15) is 4.98 Å². The summed E-state index contributed by atoms with van der Waals surface area (Å²) < 4.78 is 58.5. The SMILES string of the molecule is CC(C)(C)S(=O)(=O)NCC1CCC(Nc2nc(-c3cc(F)ccc3F)no2)CC1. The fraction of sp³-hybridized carbons (Fsp3) is 0.579. The number of rotatable bonds is 6. The van der Waals surface area contributed by atoms with Crippen LogP contribution >= 0.6 is 0 Å². The van der Waals surface area contributed by atoms with E-state index in [2.05, 4.69) is 20.2 Å². The Kier molecular flexibility index (Phi) is 6.23. The predicted molar refractivity (Wildman–Crippen MR) is 106 cm³/mol. The highest BCUT2D eigenvalue weighted by Crippen LogP contribution is 2.28. The Balaban J connectivity index is 1.52. The number of hydrogen-bond donors (Lipinski definition) is 2. The van der Waals surface area contributed by atoms with Crippen LogP contribution in [0.15, 0.2) is 22.7 Å². The van der Waals surface area contributed by atoms with Gasteiger partial charge in [-0.15, -0.1) is 0 Å². The number of anilines is 1. The number of aromatic nitrogens is 2. The molecule has 3 rings (SSSR count). The van der Waals surface area contributed by atoms with Crippen molar-refractivity contribution >= 4 is 16.0 Å². The predicted octanol–water partition coefficient (Wildman–Crippen LogP) is 3.70. The van der Waals surface area contributed by atoms with Crippen molar-refractivity contribution in [2.24, 2.45) is 5.92 Å². The van der Waals surface area contributed by atoms with Crippen LogP contribution in [0.25, 0.3) is 11.4 Å². The van der Waals surface area contributed by atoms with E-state index < -0.39 is 26.4 Å². The molecule has 0 spiro atoms. The average molecular weight is 429 g/mol. The molecule has 7 nitrogen and oxygen atoms in total. The van der Waals surface area contributed by atoms with Crippen molar-refractivity contribution in [1.82, 2.24) is 14.9 Å². The molecule has 29 heavy (non-hydrogen) atoms. The van der Waals surface area contributed by atoms with Gasteiger partial charge in [-0.3, -0.25) is 0 Å². The first-order valence-corrected chi connectivity index (χ1v) is 11.1. The fourth-order valence-electron chi connectivity index (χ4n) is 3.19. The van der Waals surface area contributed by atoms with Gasteiger partial charge in [0.15, 0.2) is 0 Å². The molecule has 0 amide bonds. The molecule has 1 fully saturated rings. The number of halogens is 2. The first kappa shape index (κ1) is 21.6. The van der Waals surface area contributed by atoms with E-state index in [4.69, 9.17) is 4.52 Å². The minimum atomic E-state index is -3.35. The van der Waals surface area contributed by atoms with Crippen LogP contribution in [0.4, 0.5) is 14.8 Å². The van der Waals surface area contributed by atoms with Gasteiger partial charge in [0.05, 0.1) is 10.3 Å². The third-order valence-electron chi connectivity index (χ3n) is 5.14. The number of hydrogen-bond acceptors (Lipinski definition) is 6. The maximum atomic E-state index is 13.8. The van der Waals surface area contributed by atoms with Crippen LogP contribution in [0.3, 0.4) is 0 Å². The zero-order valence-electron chi connectivity index (χ0n) is 16.7. The summed E-state index contributed by atoms with van der Waals surface area (Å²) in [6, 6.07) is 3.31. The van der Waals surface area contributed by atoms with Crippen LogP contribution in [0, 0.1) is 17.6 Å². The molecule has 1 aliphatic rings. The van der Waals surface area contributed by atoms with E-state index in [1.165, 1.54) is 0 Å². The Hall–Kier alpha value is -2.07. The van der Waals surface area contributed by atoms with Crippen molar-refractivity contribution < 1.29 is 21.7 Å². The van der Waals surface area contributed by atoms with Gasteiger partial charge in [0, 0.05) is 12.6 Å². The van der Waals surface area contributed by atoms with Gasteiger partial charge in [0.1, 0.15) is 11.6 Å². The molecule has 2 aromatic rings. The first-order valence-electron chi connectivity index (χ1n) is 9.60. The van der Waals surface area contributed by atoms with Crippen molar-refractivity contribution in [2.45, 2.75) is 57.2 Å². The third-order valence-corrected chi connectivity index (χ3v) is 7.30. The molecule has 1 aliphatic carbocycles. The molecular formula is C19H26F2N4O3S. The molecule has 160 valence electrons. The molecule has 0 saturated heterocycles. The summed E-state index contributed by atoms with van der Waals surface area (Å²) in [7, 11) is -3.35. The van der Waals surface area contributed by atoms with E-state index >= 15 is 0 Å². The molecule has 1 saturated carbocycles. The lowest BCUT2D eigenvalue weighted by atomic mass is 9.86. The maximum absolute atomic E-state index is 13.8. The molecule has 2 N–H and O–H groups in total. The Morgan fingerprint density at radius 1 is 1.17 bits per heavy atom. The molecule has 1 aromatic heterocycles. The second kappa shape index (κ2) is 8.35. The Morgan fingerprint density at radius 3 is 2.52 bits per heavy atom. The van der Waals surface area contributed by atoms with Gasteiger partial charge in [-0.05, 0) is 70.6 Å². The summed E-state index contributed by atoms with van der Waals surface area (Å²) in [5, 5.41) is 6.84. The van der Waals surface area contributed by atoms with Gasteiger partial charge in [-0.1, -0.05) is 5.16 Å². The number of nitrogens with one attached hydrogen (secondary N) is 2. The summed E-state index contributed by atoms with van der Waals surface area (Å²) >= 11 is 0. The summed E-state index contributed by atoms with van der Waals surface area (Å²) in [4.78, 5) is 4.10. The second-order valence-corrected chi connectivity index (χ2v) is 10.9. The van der Waals surface area contributed by atoms with Crippen LogP contribution < -0.4 is 10.0 Å². The summed E-state index contributed by atoms with van der Waals surface area (Å²) in [6.45, 7) is 5.44. The lowest BCUT2D eigenvalue weighted by molar-refractivity contribution is 0.329. The minimum Gasteiger partial charge on any atom is -0.335 e. The van der Waals surface area contributed by atoms with Crippen molar-refractivity contribution in [3.8, 4) is 11.4 Å². The molecule has 0 unspecified atom stereocenters. The topological polar surface area (TPSA) is 97.1 Å². The smallest absolute Gasteiger partial charge is 0.322 e. The van der Waals surface area contributed by atoms with E-state index in [-0.39, 0.29) is 29.4 Å². The minimum absolute atomic E-state index is 0.0187. The van der Waals surface area contributed by atoms with Crippen LogP contribution in [-0.2, 0) is 10.0 Å². The maximum Gasteiger partial charge on any atom is 0.322 e. The van der Waals surface area contributed by atoms with Crippen LogP contribution in [0.1, 0.15) is 46.5 Å². The van der Waals surface area contributed by atoms with Gasteiger partial charge in [0.25, 0.3) is 0 Å². The van der Waals surface area contributed by atoms with Gasteiger partial charge in [-0.25, -0.2) is 21.9 Å². The Morgan fingerprint density at radius 2 is 1.86 bits per heavy atom. The molecule has 1 aromatic carbocycles. The summed E-state index contributed by atoms with van der Waals surface area (Å²) in [6.07, 6.45) is 3.33. The number of sulfonamides is 1. The van der Waals surface area contributed by atoms with Crippen molar-refractivity contribution in [2.75, 3.05) is 11.9 Å². The van der Waals surface area contributed by atoms with E-state index in [0.29, 0.717) is 6.54 Å². The van der Waals surface area contributed by atoms with Crippen LogP contribution in [0.2, 0.25) is 0 Å². The molecule has 1 heterocycles.